The van der Waals surface area contributed by atoms with Crippen LogP contribution in [0.15, 0.2) is 42.5 Å². The zero-order chi connectivity index (χ0) is 20.3. The topological polar surface area (TPSA) is 82.1 Å². The van der Waals surface area contributed by atoms with Crippen molar-refractivity contribution in [2.24, 2.45) is 11.3 Å². The zero-order valence-corrected chi connectivity index (χ0v) is 16.2. The normalized spacial score (nSPS) is 22.9. The summed E-state index contributed by atoms with van der Waals surface area (Å²) >= 11 is 0. The van der Waals surface area contributed by atoms with Crippen LogP contribution in [0.1, 0.15) is 24.8 Å². The number of methoxy groups -OCH3 is 2. The van der Waals surface area contributed by atoms with Crippen LogP contribution in [0.5, 0.6) is 0 Å². The Bertz CT molecular complexity index is 758. The van der Waals surface area contributed by atoms with Gasteiger partial charge in [0.1, 0.15) is 6.61 Å². The van der Waals surface area contributed by atoms with Crippen LogP contribution >= 0.6 is 0 Å². The lowest BCUT2D eigenvalue weighted by atomic mass is 9.73. The van der Waals surface area contributed by atoms with Gasteiger partial charge in [-0.1, -0.05) is 42.5 Å². The molecule has 1 heterocycles. The molecular weight excluding hydrogens is 362 g/mol. The first-order chi connectivity index (χ1) is 13.5. The summed E-state index contributed by atoms with van der Waals surface area (Å²) in [7, 11) is 2.50. The highest BCUT2D eigenvalue weighted by molar-refractivity contribution is 6.02. The molecule has 0 N–H and O–H groups in total. The van der Waals surface area contributed by atoms with E-state index in [4.69, 9.17) is 14.2 Å². The van der Waals surface area contributed by atoms with Crippen molar-refractivity contribution in [3.63, 3.8) is 0 Å². The molecule has 2 atom stereocenters. The fourth-order valence-corrected chi connectivity index (χ4v) is 4.51. The summed E-state index contributed by atoms with van der Waals surface area (Å²) in [6.45, 7) is 4.68. The molecule has 1 aliphatic heterocycles. The molecule has 1 saturated carbocycles. The summed E-state index contributed by atoms with van der Waals surface area (Å²) in [5.74, 6) is -1.74. The van der Waals surface area contributed by atoms with Crippen molar-refractivity contribution < 1.29 is 28.6 Å². The minimum atomic E-state index is -1.47. The number of rotatable bonds is 4. The molecule has 28 heavy (non-hydrogen) atoms. The van der Waals surface area contributed by atoms with Crippen LogP contribution in [-0.2, 0) is 30.4 Å². The van der Waals surface area contributed by atoms with Gasteiger partial charge in [-0.25, -0.2) is 4.79 Å². The number of esters is 2. The third kappa shape index (κ3) is 3.25. The van der Waals surface area contributed by atoms with E-state index in [9.17, 15) is 14.4 Å². The molecule has 0 bridgehead atoms. The Labute approximate surface area is 164 Å². The van der Waals surface area contributed by atoms with Gasteiger partial charge in [0.2, 0.25) is 0 Å². The van der Waals surface area contributed by atoms with E-state index < -0.39 is 35.4 Å². The first-order valence-electron chi connectivity index (χ1n) is 9.27. The van der Waals surface area contributed by atoms with Crippen molar-refractivity contribution in [3.05, 3.63) is 48.0 Å². The van der Waals surface area contributed by atoms with E-state index in [1.165, 1.54) is 14.2 Å². The van der Waals surface area contributed by atoms with Crippen LogP contribution in [0.3, 0.4) is 0 Å². The third-order valence-corrected chi connectivity index (χ3v) is 5.73. The quantitative estimate of drug-likeness (QED) is 0.342. The summed E-state index contributed by atoms with van der Waals surface area (Å²) in [6, 6.07) is 8.93. The summed E-state index contributed by atoms with van der Waals surface area (Å²) in [5.41, 5.74) is 0.0502. The maximum atomic E-state index is 12.8. The van der Waals surface area contributed by atoms with Gasteiger partial charge in [-0.05, 0) is 24.8 Å². The Morgan fingerprint density at radius 2 is 1.79 bits per heavy atom. The number of fused-ring (bicyclic) bond motifs is 1. The van der Waals surface area contributed by atoms with Crippen LogP contribution in [0.25, 0.3) is 0 Å². The molecule has 7 heteroatoms. The Morgan fingerprint density at radius 1 is 1.14 bits per heavy atom. The molecular formula is C21H25NO6. The summed E-state index contributed by atoms with van der Waals surface area (Å²) in [4.78, 5) is 39.6. The standard InChI is InChI=1S/C21H25NO6/c1-14-12-21(18(23)26-2,19(24)27-3)16-10-7-11-22(17(14)16)20(25)28-13-15-8-5-4-6-9-15/h4-6,8-9,16-17H,1,7,10-13H2,2-3H3/t16-,17-/m0/s1. The number of amides is 1. The van der Waals surface area contributed by atoms with Gasteiger partial charge in [0.05, 0.1) is 20.3 Å². The van der Waals surface area contributed by atoms with Crippen molar-refractivity contribution >= 4 is 18.0 Å². The van der Waals surface area contributed by atoms with Crippen LogP contribution in [-0.4, -0.2) is 49.7 Å². The van der Waals surface area contributed by atoms with E-state index in [2.05, 4.69) is 6.58 Å². The molecule has 2 fully saturated rings. The molecule has 1 aliphatic carbocycles. The molecule has 3 rings (SSSR count). The third-order valence-electron chi connectivity index (χ3n) is 5.73. The SMILES string of the molecule is C=C1CC(C(=O)OC)(C(=O)OC)[C@H]2CCCN(C(=O)OCc3ccccc3)[C@@H]12. The minimum absolute atomic E-state index is 0.101. The van der Waals surface area contributed by atoms with Crippen molar-refractivity contribution in [1.29, 1.82) is 0 Å². The molecule has 0 spiro atoms. The average molecular weight is 387 g/mol. The van der Waals surface area contributed by atoms with Crippen LogP contribution in [0.4, 0.5) is 4.79 Å². The highest BCUT2D eigenvalue weighted by atomic mass is 16.6. The number of carbonyl (C=O) groups excluding carboxylic acids is 3. The van der Waals surface area contributed by atoms with E-state index in [1.807, 2.05) is 30.3 Å². The van der Waals surface area contributed by atoms with Gasteiger partial charge in [0, 0.05) is 12.5 Å². The molecule has 0 radical (unpaired) electrons. The predicted octanol–water partition coefficient (Wildman–Crippen LogP) is 2.70. The summed E-state index contributed by atoms with van der Waals surface area (Å²) in [5, 5.41) is 0. The van der Waals surface area contributed by atoms with Crippen molar-refractivity contribution in [2.45, 2.75) is 31.9 Å². The molecule has 1 amide bonds. The number of nitrogens with zero attached hydrogens (tertiary/aromatic N) is 1. The number of likely N-dealkylation sites (tertiary alicyclic amines) is 1. The van der Waals surface area contributed by atoms with Gasteiger partial charge >= 0.3 is 18.0 Å². The Balaban J connectivity index is 1.83. The smallest absolute Gasteiger partial charge is 0.410 e. The predicted molar refractivity (Wildman–Crippen MR) is 100 cm³/mol. The lowest BCUT2D eigenvalue weighted by Gasteiger charge is -2.40. The fourth-order valence-electron chi connectivity index (χ4n) is 4.51. The number of hydrogen-bond acceptors (Lipinski definition) is 6. The van der Waals surface area contributed by atoms with Gasteiger partial charge in [-0.15, -0.1) is 0 Å². The first-order valence-corrected chi connectivity index (χ1v) is 9.27. The van der Waals surface area contributed by atoms with Crippen LogP contribution in [0.2, 0.25) is 0 Å². The van der Waals surface area contributed by atoms with E-state index >= 15 is 0 Å². The number of carbonyl (C=O) groups is 3. The average Bonchev–Trinajstić information content (AvgIpc) is 3.05. The molecule has 1 aromatic carbocycles. The van der Waals surface area contributed by atoms with Crippen molar-refractivity contribution in [2.75, 3.05) is 20.8 Å². The Hall–Kier alpha value is -2.83. The lowest BCUT2D eigenvalue weighted by molar-refractivity contribution is -0.173. The molecule has 150 valence electrons. The molecule has 7 nitrogen and oxygen atoms in total. The maximum absolute atomic E-state index is 12.8. The molecule has 1 aromatic rings. The first kappa shape index (κ1) is 19.9. The zero-order valence-electron chi connectivity index (χ0n) is 16.2. The summed E-state index contributed by atoms with van der Waals surface area (Å²) in [6.07, 6.45) is 0.857. The van der Waals surface area contributed by atoms with Crippen molar-refractivity contribution in [3.8, 4) is 0 Å². The monoisotopic (exact) mass is 387 g/mol. The van der Waals surface area contributed by atoms with Gasteiger partial charge in [-0.2, -0.15) is 0 Å². The van der Waals surface area contributed by atoms with Gasteiger partial charge in [0.15, 0.2) is 5.41 Å². The lowest BCUT2D eigenvalue weighted by Crippen LogP contribution is -2.53. The Morgan fingerprint density at radius 3 is 2.39 bits per heavy atom. The second kappa shape index (κ2) is 8.04. The Kier molecular flexibility index (Phi) is 5.72. The molecule has 1 saturated heterocycles. The second-order valence-electron chi connectivity index (χ2n) is 7.22. The van der Waals surface area contributed by atoms with E-state index in [-0.39, 0.29) is 13.0 Å². The molecule has 0 aromatic heterocycles. The fraction of sp³-hybridized carbons (Fsp3) is 0.476. The molecule has 0 unspecified atom stereocenters. The van der Waals surface area contributed by atoms with Crippen molar-refractivity contribution in [1.82, 2.24) is 4.90 Å². The second-order valence-corrected chi connectivity index (χ2v) is 7.22. The number of piperidine rings is 1. The van der Waals surface area contributed by atoms with Gasteiger partial charge in [0.25, 0.3) is 0 Å². The number of ether oxygens (including phenoxy) is 3. The summed E-state index contributed by atoms with van der Waals surface area (Å²) < 4.78 is 15.4. The van der Waals surface area contributed by atoms with Gasteiger partial charge in [-0.3, -0.25) is 9.59 Å². The van der Waals surface area contributed by atoms with E-state index in [0.29, 0.717) is 25.0 Å². The van der Waals surface area contributed by atoms with E-state index in [1.54, 1.807) is 4.90 Å². The maximum Gasteiger partial charge on any atom is 0.410 e. The molecule has 2 aliphatic rings. The highest BCUT2D eigenvalue weighted by Gasteiger charge is 2.64. The van der Waals surface area contributed by atoms with E-state index in [0.717, 1.165) is 5.56 Å². The number of benzene rings is 1. The van der Waals surface area contributed by atoms with Crippen LogP contribution in [0, 0.1) is 11.3 Å². The largest absolute Gasteiger partial charge is 0.468 e. The minimum Gasteiger partial charge on any atom is -0.468 e. The van der Waals surface area contributed by atoms with Gasteiger partial charge < -0.3 is 19.1 Å². The van der Waals surface area contributed by atoms with Crippen LogP contribution < -0.4 is 0 Å². The highest BCUT2D eigenvalue weighted by Crippen LogP contribution is 2.53. The number of hydrogen-bond donors (Lipinski definition) is 0.